The zero-order chi connectivity index (χ0) is 20.0. The molecule has 3 aliphatic rings. The maximum absolute atomic E-state index is 12.7. The molecule has 12 heteroatoms. The summed E-state index contributed by atoms with van der Waals surface area (Å²) in [7, 11) is 3.03. The number of rotatable bonds is 4. The maximum atomic E-state index is 12.7. The van der Waals surface area contributed by atoms with E-state index in [1.807, 2.05) is 0 Å². The molecule has 0 bridgehead atoms. The van der Waals surface area contributed by atoms with Gasteiger partial charge in [-0.05, 0) is 19.8 Å². The molecule has 10 nitrogen and oxygen atoms in total. The van der Waals surface area contributed by atoms with Gasteiger partial charge in [0.1, 0.15) is 10.1 Å². The molecular weight excluding hydrogens is 402 g/mol. The standard InChI is InChI=1S/C16H17N7O3S2/c1-7-20-21-15(28-7)17-9(24)6-27-13-10-12(18-11(19-13)8-4-5-8)22(2)16(26)23(3)14(10)25/h8,10H,4-6H2,1-3H3/p+1. The minimum Gasteiger partial charge on any atom is -0.300 e. The fraction of sp³-hybridized carbons (Fsp3) is 0.500. The third-order valence-corrected chi connectivity index (χ3v) is 6.30. The van der Waals surface area contributed by atoms with Gasteiger partial charge in [0.25, 0.3) is 5.84 Å². The molecular formula is C16H18N7O3S2+. The predicted octanol–water partition coefficient (Wildman–Crippen LogP) is 0.988. The molecule has 2 aliphatic heterocycles. The summed E-state index contributed by atoms with van der Waals surface area (Å²) in [4.78, 5) is 47.4. The van der Waals surface area contributed by atoms with Crippen molar-refractivity contribution in [3.63, 3.8) is 0 Å². The summed E-state index contributed by atoms with van der Waals surface area (Å²) in [5.41, 5.74) is 0. The second-order valence-corrected chi connectivity index (χ2v) is 8.86. The Bertz CT molecular complexity index is 977. The van der Waals surface area contributed by atoms with Gasteiger partial charge in [0, 0.05) is 5.92 Å². The topological polar surface area (TPSA) is 120 Å². The largest absolute Gasteiger partial charge is 0.445 e. The predicted molar refractivity (Wildman–Crippen MR) is 106 cm³/mol. The lowest BCUT2D eigenvalue weighted by molar-refractivity contribution is -0.407. The first-order valence-corrected chi connectivity index (χ1v) is 10.5. The molecule has 1 N–H and O–H groups in total. The van der Waals surface area contributed by atoms with Crippen LogP contribution in [0.3, 0.4) is 0 Å². The van der Waals surface area contributed by atoms with Crippen molar-refractivity contribution in [1.29, 1.82) is 0 Å². The number of thioether (sulfide) groups is 1. The molecule has 0 aromatic carbocycles. The molecule has 4 amide bonds. The summed E-state index contributed by atoms with van der Waals surface area (Å²) in [5.74, 6) is -0.0886. The minimum atomic E-state index is -0.767. The second-order valence-electron chi connectivity index (χ2n) is 6.69. The van der Waals surface area contributed by atoms with Gasteiger partial charge in [0.15, 0.2) is 5.92 Å². The highest BCUT2D eigenvalue weighted by atomic mass is 32.2. The van der Waals surface area contributed by atoms with E-state index in [4.69, 9.17) is 0 Å². The van der Waals surface area contributed by atoms with Gasteiger partial charge < -0.3 is 0 Å². The number of aromatic nitrogens is 2. The van der Waals surface area contributed by atoms with Gasteiger partial charge in [-0.1, -0.05) is 28.1 Å². The average Bonchev–Trinajstić information content (AvgIpc) is 3.45. The van der Waals surface area contributed by atoms with Crippen LogP contribution in [-0.2, 0) is 9.59 Å². The number of aryl methyl sites for hydroxylation is 1. The number of nitrogens with one attached hydrogen (secondary N) is 1. The number of carbonyl (C=O) groups excluding carboxylic acids is 3. The van der Waals surface area contributed by atoms with Crippen LogP contribution >= 0.6 is 23.1 Å². The van der Waals surface area contributed by atoms with Crippen molar-refractivity contribution in [2.24, 2.45) is 21.8 Å². The second kappa shape index (κ2) is 7.17. The molecule has 0 radical (unpaired) electrons. The first-order valence-electron chi connectivity index (χ1n) is 8.67. The number of fused-ring (bicyclic) bond motifs is 1. The highest BCUT2D eigenvalue weighted by Crippen LogP contribution is 2.35. The number of anilines is 1. The first-order chi connectivity index (χ1) is 13.3. The van der Waals surface area contributed by atoms with E-state index in [-0.39, 0.29) is 23.5 Å². The van der Waals surface area contributed by atoms with Gasteiger partial charge in [0.05, 0.1) is 19.8 Å². The van der Waals surface area contributed by atoms with Gasteiger partial charge in [-0.2, -0.15) is 9.48 Å². The van der Waals surface area contributed by atoms with E-state index in [1.165, 1.54) is 34.7 Å². The van der Waals surface area contributed by atoms with Crippen LogP contribution in [0.5, 0.6) is 0 Å². The third-order valence-electron chi connectivity index (χ3n) is 4.52. The highest BCUT2D eigenvalue weighted by molar-refractivity contribution is 8.14. The lowest BCUT2D eigenvalue weighted by atomic mass is 10.0. The molecule has 1 unspecified atom stereocenters. The molecule has 4 rings (SSSR count). The van der Waals surface area contributed by atoms with Gasteiger partial charge in [-0.3, -0.25) is 14.9 Å². The van der Waals surface area contributed by atoms with Crippen LogP contribution in [0.25, 0.3) is 0 Å². The third kappa shape index (κ3) is 3.49. The number of amidine groups is 2. The molecule has 146 valence electrons. The Morgan fingerprint density at radius 3 is 2.71 bits per heavy atom. The minimum absolute atomic E-state index is 0.0633. The number of urea groups is 1. The van der Waals surface area contributed by atoms with E-state index in [2.05, 4.69) is 25.5 Å². The van der Waals surface area contributed by atoms with Crippen molar-refractivity contribution in [3.8, 4) is 0 Å². The maximum Gasteiger partial charge on any atom is 0.445 e. The van der Waals surface area contributed by atoms with Crippen molar-refractivity contribution in [3.05, 3.63) is 5.01 Å². The molecule has 1 aromatic rings. The van der Waals surface area contributed by atoms with E-state index < -0.39 is 11.9 Å². The highest BCUT2D eigenvalue weighted by Gasteiger charge is 2.50. The number of imide groups is 1. The lowest BCUT2D eigenvalue weighted by Gasteiger charge is -2.26. The molecule has 3 heterocycles. The number of carbonyl (C=O) groups is 3. The van der Waals surface area contributed by atoms with Crippen molar-refractivity contribution >= 4 is 62.8 Å². The number of nitrogens with zero attached hydrogens (tertiary/aromatic N) is 6. The smallest absolute Gasteiger partial charge is 0.300 e. The van der Waals surface area contributed by atoms with Gasteiger partial charge in [0.2, 0.25) is 16.9 Å². The number of hydrogen-bond donors (Lipinski definition) is 1. The molecule has 1 aromatic heterocycles. The Labute approximate surface area is 168 Å². The molecule has 1 saturated carbocycles. The van der Waals surface area contributed by atoms with Crippen LogP contribution in [0.4, 0.5) is 9.93 Å². The lowest BCUT2D eigenvalue weighted by Crippen LogP contribution is -2.54. The van der Waals surface area contributed by atoms with Crippen LogP contribution in [0.2, 0.25) is 0 Å². The summed E-state index contributed by atoms with van der Waals surface area (Å²) >= 11 is 2.47. The van der Waals surface area contributed by atoms with Crippen LogP contribution in [0, 0.1) is 18.8 Å². The number of hydrogen-bond acceptors (Lipinski definition) is 9. The van der Waals surface area contributed by atoms with Crippen LogP contribution in [0.15, 0.2) is 9.98 Å². The summed E-state index contributed by atoms with van der Waals surface area (Å²) in [5, 5.41) is 12.1. The Kier molecular flexibility index (Phi) is 4.83. The average molecular weight is 421 g/mol. The Morgan fingerprint density at radius 2 is 2.07 bits per heavy atom. The molecule has 1 aliphatic carbocycles. The van der Waals surface area contributed by atoms with Crippen LogP contribution in [0.1, 0.15) is 17.8 Å². The molecule has 28 heavy (non-hydrogen) atoms. The molecule has 0 spiro atoms. The summed E-state index contributed by atoms with van der Waals surface area (Å²) in [6.07, 6.45) is 1.97. The number of amides is 4. The first kappa shape index (κ1) is 18.9. The van der Waals surface area contributed by atoms with E-state index in [1.54, 1.807) is 14.0 Å². The zero-order valence-electron chi connectivity index (χ0n) is 15.5. The quantitative estimate of drug-likeness (QED) is 0.725. The fourth-order valence-electron chi connectivity index (χ4n) is 2.87. The molecule has 0 saturated heterocycles. The van der Waals surface area contributed by atoms with Gasteiger partial charge in [-0.15, -0.1) is 10.2 Å². The van der Waals surface area contributed by atoms with Crippen molar-refractivity contribution < 1.29 is 19.0 Å². The number of aliphatic imine (C=N–C) groups is 2. The Balaban J connectivity index is 1.56. The molecule has 1 atom stereocenters. The fourth-order valence-corrected chi connectivity index (χ4v) is 4.36. The van der Waals surface area contributed by atoms with E-state index in [9.17, 15) is 14.4 Å². The van der Waals surface area contributed by atoms with Crippen molar-refractivity contribution in [2.45, 2.75) is 19.8 Å². The molecule has 1 fully saturated rings. The van der Waals surface area contributed by atoms with Crippen molar-refractivity contribution in [2.75, 3.05) is 25.2 Å². The van der Waals surface area contributed by atoms with Gasteiger partial charge >= 0.3 is 11.9 Å². The summed E-state index contributed by atoms with van der Waals surface area (Å²) in [6, 6.07) is -0.425. The van der Waals surface area contributed by atoms with Crippen molar-refractivity contribution in [1.82, 2.24) is 15.1 Å². The van der Waals surface area contributed by atoms with Crippen LogP contribution in [-0.4, -0.2) is 74.1 Å². The zero-order valence-corrected chi connectivity index (χ0v) is 17.1. The Hall–Kier alpha value is -2.47. The SMILES string of the molecule is Cc1nnc(NC(=O)CSC2=NC(C3CC3)=NC3=[N+](C)C(=O)N(C)C(=O)C23)s1. The normalized spacial score (nSPS) is 22.1. The monoisotopic (exact) mass is 420 g/mol. The van der Waals surface area contributed by atoms with E-state index >= 15 is 0 Å². The Morgan fingerprint density at radius 1 is 1.32 bits per heavy atom. The van der Waals surface area contributed by atoms with E-state index in [0.717, 1.165) is 22.7 Å². The summed E-state index contributed by atoms with van der Waals surface area (Å²) in [6.45, 7) is 1.80. The summed E-state index contributed by atoms with van der Waals surface area (Å²) < 4.78 is 1.38. The van der Waals surface area contributed by atoms with Gasteiger partial charge in [-0.25, -0.2) is 9.79 Å². The van der Waals surface area contributed by atoms with E-state index in [0.29, 0.717) is 21.8 Å². The van der Waals surface area contributed by atoms with Crippen LogP contribution < -0.4 is 5.32 Å².